The second-order valence-corrected chi connectivity index (χ2v) is 6.28. The Labute approximate surface area is 138 Å². The Hall–Kier alpha value is -0.980. The van der Waals surface area contributed by atoms with Gasteiger partial charge in [-0.2, -0.15) is 0 Å². The number of nitrogens with zero attached hydrogens (tertiary/aromatic N) is 1. The van der Waals surface area contributed by atoms with Crippen LogP contribution in [0.3, 0.4) is 0 Å². The van der Waals surface area contributed by atoms with Crippen LogP contribution in [0, 0.1) is 0 Å². The van der Waals surface area contributed by atoms with E-state index >= 15 is 0 Å². The molecule has 0 saturated heterocycles. The molecule has 1 amide bonds. The van der Waals surface area contributed by atoms with Gasteiger partial charge in [-0.3, -0.25) is 4.79 Å². The Kier molecular flexibility index (Phi) is 4.78. The zero-order chi connectivity index (χ0) is 14.9. The molecule has 2 rings (SSSR count). The molecule has 106 valence electrons. The van der Waals surface area contributed by atoms with E-state index in [9.17, 15) is 4.79 Å². The first-order valence-electron chi connectivity index (χ1n) is 5.58. The average Bonchev–Trinajstić information content (AvgIpc) is 2.68. The Balaban J connectivity index is 2.35. The molecule has 0 spiro atoms. The molecule has 0 aliphatic carbocycles. The minimum absolute atomic E-state index is 0.245. The van der Waals surface area contributed by atoms with E-state index in [1.54, 1.807) is 36.0 Å². The summed E-state index contributed by atoms with van der Waals surface area (Å²) in [6.07, 6.45) is 1.81. The van der Waals surface area contributed by atoms with Crippen LogP contribution in [0.5, 0.6) is 5.75 Å². The van der Waals surface area contributed by atoms with Gasteiger partial charge in [0, 0.05) is 22.7 Å². The first-order chi connectivity index (χ1) is 9.42. The van der Waals surface area contributed by atoms with Gasteiger partial charge >= 0.3 is 0 Å². The molecule has 20 heavy (non-hydrogen) atoms. The van der Waals surface area contributed by atoms with Crippen LogP contribution in [-0.4, -0.2) is 17.6 Å². The summed E-state index contributed by atoms with van der Waals surface area (Å²) in [4.78, 5) is 12.3. The Morgan fingerprint density at radius 3 is 2.60 bits per heavy atom. The highest BCUT2D eigenvalue weighted by Crippen LogP contribution is 2.36. The number of benzene rings is 1. The number of anilines is 1. The number of amides is 1. The summed E-state index contributed by atoms with van der Waals surface area (Å²) < 4.78 is 8.51. The maximum absolute atomic E-state index is 12.3. The molecule has 2 aromatic rings. The van der Waals surface area contributed by atoms with Gasteiger partial charge in [0.05, 0.1) is 17.3 Å². The molecule has 1 aromatic heterocycles. The summed E-state index contributed by atoms with van der Waals surface area (Å²) in [6, 6.07) is 5.08. The fraction of sp³-hybridized carbons (Fsp3) is 0.154. The SMILES string of the molecule is COc1c(Br)cc(Cl)cc1NC(=O)c1cc(Br)cn1C. The van der Waals surface area contributed by atoms with Crippen molar-refractivity contribution in [1.82, 2.24) is 4.57 Å². The van der Waals surface area contributed by atoms with Crippen LogP contribution in [0.15, 0.2) is 33.3 Å². The molecule has 0 fully saturated rings. The number of ether oxygens (including phenoxy) is 1. The maximum atomic E-state index is 12.3. The van der Waals surface area contributed by atoms with Gasteiger partial charge < -0.3 is 14.6 Å². The molecule has 1 aromatic carbocycles. The molecule has 1 heterocycles. The van der Waals surface area contributed by atoms with Crippen LogP contribution in [-0.2, 0) is 7.05 Å². The van der Waals surface area contributed by atoms with Gasteiger partial charge in [0.25, 0.3) is 5.91 Å². The van der Waals surface area contributed by atoms with Gasteiger partial charge in [-0.05, 0) is 50.1 Å². The average molecular weight is 423 g/mol. The fourth-order valence-corrected chi connectivity index (χ4v) is 3.29. The monoisotopic (exact) mass is 420 g/mol. The normalized spacial score (nSPS) is 10.4. The predicted octanol–water partition coefficient (Wildman–Crippen LogP) is 4.46. The predicted molar refractivity (Wildman–Crippen MR) is 86.8 cm³/mol. The number of hydrogen-bond donors (Lipinski definition) is 1. The van der Waals surface area contributed by atoms with Crippen molar-refractivity contribution in [2.45, 2.75) is 0 Å². The third-order valence-electron chi connectivity index (χ3n) is 2.66. The van der Waals surface area contributed by atoms with Gasteiger partial charge in [0.1, 0.15) is 5.69 Å². The van der Waals surface area contributed by atoms with Crippen molar-refractivity contribution in [2.24, 2.45) is 7.05 Å². The van der Waals surface area contributed by atoms with Crippen LogP contribution in [0.4, 0.5) is 5.69 Å². The third-order valence-corrected chi connectivity index (χ3v) is 3.91. The number of nitrogens with one attached hydrogen (secondary N) is 1. The van der Waals surface area contributed by atoms with Crippen molar-refractivity contribution in [2.75, 3.05) is 12.4 Å². The summed E-state index contributed by atoms with van der Waals surface area (Å²) >= 11 is 12.7. The van der Waals surface area contributed by atoms with Gasteiger partial charge in [-0.25, -0.2) is 0 Å². The zero-order valence-corrected chi connectivity index (χ0v) is 14.6. The highest BCUT2D eigenvalue weighted by Gasteiger charge is 2.16. The first kappa shape index (κ1) is 15.4. The van der Waals surface area contributed by atoms with Crippen molar-refractivity contribution < 1.29 is 9.53 Å². The van der Waals surface area contributed by atoms with Crippen molar-refractivity contribution >= 4 is 55.1 Å². The van der Waals surface area contributed by atoms with Crippen LogP contribution in [0.2, 0.25) is 5.02 Å². The smallest absolute Gasteiger partial charge is 0.272 e. The van der Waals surface area contributed by atoms with Crippen LogP contribution >= 0.6 is 43.5 Å². The summed E-state index contributed by atoms with van der Waals surface area (Å²) in [7, 11) is 3.33. The molecule has 4 nitrogen and oxygen atoms in total. The van der Waals surface area contributed by atoms with Crippen molar-refractivity contribution in [3.63, 3.8) is 0 Å². The van der Waals surface area contributed by atoms with Crippen LogP contribution in [0.25, 0.3) is 0 Å². The summed E-state index contributed by atoms with van der Waals surface area (Å²) in [5, 5.41) is 3.29. The van der Waals surface area contributed by atoms with Crippen LogP contribution < -0.4 is 10.1 Å². The molecule has 0 atom stereocenters. The number of aryl methyl sites for hydroxylation is 1. The molecular formula is C13H11Br2ClN2O2. The molecule has 7 heteroatoms. The largest absolute Gasteiger partial charge is 0.493 e. The number of methoxy groups -OCH3 is 1. The topological polar surface area (TPSA) is 43.3 Å². The summed E-state index contributed by atoms with van der Waals surface area (Å²) in [5.74, 6) is 0.279. The second kappa shape index (κ2) is 6.20. The lowest BCUT2D eigenvalue weighted by atomic mass is 10.2. The van der Waals surface area contributed by atoms with Gasteiger partial charge in [-0.15, -0.1) is 0 Å². The fourth-order valence-electron chi connectivity index (χ4n) is 1.80. The number of carbonyl (C=O) groups excluding carboxylic acids is 1. The standard InChI is InChI=1S/C13H11Br2ClN2O2/c1-18-6-7(14)3-11(18)13(19)17-10-5-8(16)4-9(15)12(10)20-2/h3-6H,1-2H3,(H,17,19). The number of carbonyl (C=O) groups is 1. The van der Waals surface area contributed by atoms with Crippen LogP contribution in [0.1, 0.15) is 10.5 Å². The summed E-state index contributed by atoms with van der Waals surface area (Å²) in [5.41, 5.74) is 1.03. The number of aromatic nitrogens is 1. The summed E-state index contributed by atoms with van der Waals surface area (Å²) in [6.45, 7) is 0. The Bertz CT molecular complexity index is 671. The molecular weight excluding hydrogens is 411 g/mol. The highest BCUT2D eigenvalue weighted by molar-refractivity contribution is 9.10. The van der Waals surface area contributed by atoms with Crippen molar-refractivity contribution in [1.29, 1.82) is 0 Å². The lowest BCUT2D eigenvalue weighted by Crippen LogP contribution is -2.16. The van der Waals surface area contributed by atoms with Crippen molar-refractivity contribution in [3.8, 4) is 5.75 Å². The maximum Gasteiger partial charge on any atom is 0.272 e. The minimum atomic E-state index is -0.245. The second-order valence-electron chi connectivity index (χ2n) is 4.08. The van der Waals surface area contributed by atoms with E-state index in [0.29, 0.717) is 26.6 Å². The van der Waals surface area contributed by atoms with Gasteiger partial charge in [-0.1, -0.05) is 11.6 Å². The molecule has 0 bridgehead atoms. The lowest BCUT2D eigenvalue weighted by Gasteiger charge is -2.12. The van der Waals surface area contributed by atoms with E-state index in [4.69, 9.17) is 16.3 Å². The van der Waals surface area contributed by atoms with E-state index in [2.05, 4.69) is 37.2 Å². The molecule has 0 aliphatic rings. The first-order valence-corrected chi connectivity index (χ1v) is 7.55. The quantitative estimate of drug-likeness (QED) is 0.794. The van der Waals surface area contributed by atoms with E-state index in [1.165, 1.54) is 7.11 Å². The van der Waals surface area contributed by atoms with E-state index in [0.717, 1.165) is 4.47 Å². The lowest BCUT2D eigenvalue weighted by molar-refractivity contribution is 0.101. The Morgan fingerprint density at radius 1 is 1.35 bits per heavy atom. The molecule has 0 unspecified atom stereocenters. The van der Waals surface area contributed by atoms with Gasteiger partial charge in [0.15, 0.2) is 5.75 Å². The molecule has 0 aliphatic heterocycles. The minimum Gasteiger partial charge on any atom is -0.493 e. The van der Waals surface area contributed by atoms with E-state index in [1.807, 2.05) is 0 Å². The molecule has 0 saturated carbocycles. The number of halogens is 3. The molecule has 1 N–H and O–H groups in total. The number of rotatable bonds is 3. The highest BCUT2D eigenvalue weighted by atomic mass is 79.9. The molecule has 0 radical (unpaired) electrons. The third kappa shape index (κ3) is 3.19. The zero-order valence-electron chi connectivity index (χ0n) is 10.7. The Morgan fingerprint density at radius 2 is 2.05 bits per heavy atom. The van der Waals surface area contributed by atoms with E-state index < -0.39 is 0 Å². The van der Waals surface area contributed by atoms with E-state index in [-0.39, 0.29) is 5.91 Å². The van der Waals surface area contributed by atoms with Gasteiger partial charge in [0.2, 0.25) is 0 Å². The number of hydrogen-bond acceptors (Lipinski definition) is 2. The van der Waals surface area contributed by atoms with Crippen molar-refractivity contribution in [3.05, 3.63) is 44.1 Å².